The van der Waals surface area contributed by atoms with E-state index >= 15 is 0 Å². The van der Waals surface area contributed by atoms with Crippen molar-refractivity contribution in [1.29, 1.82) is 0 Å². The number of ether oxygens (including phenoxy) is 2. The Morgan fingerprint density at radius 1 is 1.04 bits per heavy atom. The number of carbonyl (C=O) groups excluding carboxylic acids is 1. The third kappa shape index (κ3) is 4.28. The maximum Gasteiger partial charge on any atom is 0.261 e. The maximum atomic E-state index is 12.4. The van der Waals surface area contributed by atoms with Gasteiger partial charge in [0.1, 0.15) is 11.5 Å². The number of hydrogen-bond acceptors (Lipinski definition) is 3. The highest BCUT2D eigenvalue weighted by Crippen LogP contribution is 2.25. The monoisotopic (exact) mass is 327 g/mol. The molecule has 2 atom stereocenters. The molecule has 0 spiro atoms. The first-order valence-corrected chi connectivity index (χ1v) is 8.09. The van der Waals surface area contributed by atoms with E-state index in [1.54, 1.807) is 14.0 Å². The Morgan fingerprint density at radius 3 is 2.42 bits per heavy atom. The Labute approximate surface area is 143 Å². The van der Waals surface area contributed by atoms with Crippen molar-refractivity contribution >= 4 is 5.91 Å². The largest absolute Gasteiger partial charge is 0.496 e. The van der Waals surface area contributed by atoms with E-state index in [1.807, 2.05) is 63.2 Å². The van der Waals surface area contributed by atoms with Crippen LogP contribution in [0.15, 0.2) is 42.5 Å². The highest BCUT2D eigenvalue weighted by atomic mass is 16.5. The summed E-state index contributed by atoms with van der Waals surface area (Å²) < 4.78 is 11.2. The Balaban J connectivity index is 2.03. The van der Waals surface area contributed by atoms with Crippen molar-refractivity contribution < 1.29 is 14.3 Å². The first-order valence-electron chi connectivity index (χ1n) is 8.09. The number of rotatable bonds is 6. The number of aryl methyl sites for hydroxylation is 2. The van der Waals surface area contributed by atoms with E-state index in [-0.39, 0.29) is 11.9 Å². The zero-order chi connectivity index (χ0) is 17.7. The van der Waals surface area contributed by atoms with Crippen LogP contribution in [0.3, 0.4) is 0 Å². The van der Waals surface area contributed by atoms with Gasteiger partial charge in [-0.1, -0.05) is 35.9 Å². The van der Waals surface area contributed by atoms with Crippen LogP contribution in [0.4, 0.5) is 0 Å². The molecule has 0 aliphatic heterocycles. The molecule has 0 aromatic heterocycles. The Bertz CT molecular complexity index is 712. The molecule has 4 heteroatoms. The second-order valence-corrected chi connectivity index (χ2v) is 6.00. The summed E-state index contributed by atoms with van der Waals surface area (Å²) in [5.74, 6) is 1.33. The van der Waals surface area contributed by atoms with Crippen LogP contribution in [0.25, 0.3) is 0 Å². The fourth-order valence-corrected chi connectivity index (χ4v) is 2.61. The fourth-order valence-electron chi connectivity index (χ4n) is 2.61. The molecule has 1 N–H and O–H groups in total. The first-order chi connectivity index (χ1) is 11.4. The summed E-state index contributed by atoms with van der Waals surface area (Å²) in [4.78, 5) is 12.4. The molecule has 0 fully saturated rings. The summed E-state index contributed by atoms with van der Waals surface area (Å²) in [6.45, 7) is 7.69. The highest BCUT2D eigenvalue weighted by Gasteiger charge is 2.20. The lowest BCUT2D eigenvalue weighted by atomic mass is 10.1. The average molecular weight is 327 g/mol. The van der Waals surface area contributed by atoms with E-state index in [9.17, 15) is 4.79 Å². The van der Waals surface area contributed by atoms with Gasteiger partial charge < -0.3 is 14.8 Å². The topological polar surface area (TPSA) is 47.6 Å². The lowest BCUT2D eigenvalue weighted by Crippen LogP contribution is -2.38. The Morgan fingerprint density at radius 2 is 1.75 bits per heavy atom. The normalized spacial score (nSPS) is 13.0. The molecule has 0 aliphatic carbocycles. The second kappa shape index (κ2) is 7.86. The molecule has 4 nitrogen and oxygen atoms in total. The van der Waals surface area contributed by atoms with Crippen LogP contribution in [-0.2, 0) is 4.79 Å². The van der Waals surface area contributed by atoms with Crippen LogP contribution in [-0.4, -0.2) is 19.1 Å². The van der Waals surface area contributed by atoms with Gasteiger partial charge in [-0.05, 0) is 45.4 Å². The zero-order valence-corrected chi connectivity index (χ0v) is 14.9. The molecular weight excluding hydrogens is 302 g/mol. The molecule has 2 aromatic carbocycles. The predicted molar refractivity (Wildman–Crippen MR) is 95.6 cm³/mol. The van der Waals surface area contributed by atoms with Crippen LogP contribution in [0.5, 0.6) is 11.5 Å². The van der Waals surface area contributed by atoms with Crippen molar-refractivity contribution in [2.24, 2.45) is 0 Å². The number of carbonyl (C=O) groups is 1. The minimum Gasteiger partial charge on any atom is -0.496 e. The van der Waals surface area contributed by atoms with Gasteiger partial charge in [0.25, 0.3) is 5.91 Å². The fraction of sp³-hybridized carbons (Fsp3) is 0.350. The Kier molecular flexibility index (Phi) is 5.85. The van der Waals surface area contributed by atoms with Crippen molar-refractivity contribution in [2.45, 2.75) is 39.8 Å². The van der Waals surface area contributed by atoms with Gasteiger partial charge in [0.05, 0.1) is 13.2 Å². The van der Waals surface area contributed by atoms with Crippen LogP contribution >= 0.6 is 0 Å². The second-order valence-electron chi connectivity index (χ2n) is 6.00. The minimum atomic E-state index is -0.580. The molecule has 0 saturated heterocycles. The van der Waals surface area contributed by atoms with Crippen LogP contribution < -0.4 is 14.8 Å². The van der Waals surface area contributed by atoms with Crippen molar-refractivity contribution in [3.05, 3.63) is 59.2 Å². The summed E-state index contributed by atoms with van der Waals surface area (Å²) >= 11 is 0. The number of hydrogen-bond donors (Lipinski definition) is 1. The van der Waals surface area contributed by atoms with Gasteiger partial charge in [0.15, 0.2) is 6.10 Å². The molecule has 0 unspecified atom stereocenters. The van der Waals surface area contributed by atoms with E-state index in [4.69, 9.17) is 9.47 Å². The van der Waals surface area contributed by atoms with E-state index in [0.717, 1.165) is 22.6 Å². The molecule has 0 aliphatic rings. The minimum absolute atomic E-state index is 0.159. The molecule has 24 heavy (non-hydrogen) atoms. The van der Waals surface area contributed by atoms with E-state index in [2.05, 4.69) is 5.32 Å². The predicted octanol–water partition coefficient (Wildman–Crippen LogP) is 3.96. The summed E-state index contributed by atoms with van der Waals surface area (Å²) in [6, 6.07) is 13.4. The maximum absolute atomic E-state index is 12.4. The average Bonchev–Trinajstić information content (AvgIpc) is 2.57. The number of amides is 1. The molecule has 1 amide bonds. The van der Waals surface area contributed by atoms with Crippen molar-refractivity contribution in [3.8, 4) is 11.5 Å². The highest BCUT2D eigenvalue weighted by molar-refractivity contribution is 5.81. The van der Waals surface area contributed by atoms with E-state index < -0.39 is 6.10 Å². The smallest absolute Gasteiger partial charge is 0.261 e. The molecule has 0 bridgehead atoms. The van der Waals surface area contributed by atoms with Crippen molar-refractivity contribution in [1.82, 2.24) is 5.32 Å². The lowest BCUT2D eigenvalue weighted by Gasteiger charge is -2.21. The Hall–Kier alpha value is -2.49. The molecule has 0 radical (unpaired) electrons. The number of nitrogens with one attached hydrogen (secondary N) is 1. The summed E-state index contributed by atoms with van der Waals surface area (Å²) in [6.07, 6.45) is -0.580. The number of methoxy groups -OCH3 is 1. The molecule has 0 heterocycles. The van der Waals surface area contributed by atoms with Gasteiger partial charge in [0, 0.05) is 5.56 Å². The molecular formula is C20H25NO3. The molecule has 2 rings (SSSR count). The summed E-state index contributed by atoms with van der Waals surface area (Å²) in [5.41, 5.74) is 3.13. The quantitative estimate of drug-likeness (QED) is 0.874. The summed E-state index contributed by atoms with van der Waals surface area (Å²) in [7, 11) is 1.62. The summed E-state index contributed by atoms with van der Waals surface area (Å²) in [5, 5.41) is 2.98. The zero-order valence-electron chi connectivity index (χ0n) is 14.9. The van der Waals surface area contributed by atoms with E-state index in [1.165, 1.54) is 5.56 Å². The lowest BCUT2D eigenvalue weighted by molar-refractivity contribution is -0.127. The van der Waals surface area contributed by atoms with Crippen LogP contribution in [0.2, 0.25) is 0 Å². The van der Waals surface area contributed by atoms with Gasteiger partial charge in [-0.3, -0.25) is 4.79 Å². The molecule has 128 valence electrons. The van der Waals surface area contributed by atoms with Crippen molar-refractivity contribution in [3.63, 3.8) is 0 Å². The number of para-hydroxylation sites is 1. The number of benzene rings is 2. The SMILES string of the molecule is COc1ccccc1[C@@H](C)NC(=O)[C@@H](C)Oc1ccc(C)cc1C. The van der Waals surface area contributed by atoms with E-state index in [0.29, 0.717) is 0 Å². The van der Waals surface area contributed by atoms with Crippen molar-refractivity contribution in [2.75, 3.05) is 7.11 Å². The van der Waals surface area contributed by atoms with Gasteiger partial charge in [-0.25, -0.2) is 0 Å². The third-order valence-electron chi connectivity index (χ3n) is 3.97. The van der Waals surface area contributed by atoms with Gasteiger partial charge in [-0.15, -0.1) is 0 Å². The van der Waals surface area contributed by atoms with Crippen LogP contribution in [0.1, 0.15) is 36.6 Å². The molecule has 2 aromatic rings. The first kappa shape index (κ1) is 17.9. The van der Waals surface area contributed by atoms with Gasteiger partial charge in [0.2, 0.25) is 0 Å². The molecule has 0 saturated carbocycles. The third-order valence-corrected chi connectivity index (χ3v) is 3.97. The van der Waals surface area contributed by atoms with Gasteiger partial charge >= 0.3 is 0 Å². The van der Waals surface area contributed by atoms with Crippen LogP contribution in [0, 0.1) is 13.8 Å². The standard InChI is InChI=1S/C20H25NO3/c1-13-10-11-18(14(2)12-13)24-16(4)20(22)21-15(3)17-8-6-7-9-19(17)23-5/h6-12,15-16H,1-5H3,(H,21,22)/t15-,16-/m1/s1. The van der Waals surface area contributed by atoms with Gasteiger partial charge in [-0.2, -0.15) is 0 Å².